The largest absolute Gasteiger partial charge is 0.478 e. The molecule has 0 fully saturated rings. The van der Waals surface area contributed by atoms with Crippen LogP contribution in [0.5, 0.6) is 0 Å². The van der Waals surface area contributed by atoms with Gasteiger partial charge in [-0.2, -0.15) is 0 Å². The molecule has 0 amide bonds. The first-order chi connectivity index (χ1) is 7.09. The maximum atomic E-state index is 10.5. The number of halogens is 1. The zero-order valence-electron chi connectivity index (χ0n) is 8.37. The van der Waals surface area contributed by atoms with E-state index in [4.69, 9.17) is 16.7 Å². The summed E-state index contributed by atoms with van der Waals surface area (Å²) in [7, 11) is 0. The highest BCUT2D eigenvalue weighted by Gasteiger charge is 2.03. The van der Waals surface area contributed by atoms with Gasteiger partial charge in [-0.1, -0.05) is 30.3 Å². The molecule has 0 aromatic heterocycles. The normalized spacial score (nSPS) is 9.93. The van der Waals surface area contributed by atoms with Crippen molar-refractivity contribution in [3.63, 3.8) is 0 Å². The third kappa shape index (κ3) is 4.17. The van der Waals surface area contributed by atoms with Crippen LogP contribution in [0.3, 0.4) is 0 Å². The number of benzene rings is 1. The molecule has 3 heteroatoms. The number of carbonyl (C=O) groups is 1. The second-order valence-electron chi connectivity index (χ2n) is 3.39. The highest BCUT2D eigenvalue weighted by molar-refractivity contribution is 6.30. The first kappa shape index (κ1) is 11.8. The Morgan fingerprint density at radius 3 is 2.80 bits per heavy atom. The smallest absolute Gasteiger partial charge is 0.330 e. The summed E-state index contributed by atoms with van der Waals surface area (Å²) in [6.45, 7) is 3.48. The summed E-state index contributed by atoms with van der Waals surface area (Å²) in [5.74, 6) is -0.916. The van der Waals surface area contributed by atoms with Crippen molar-refractivity contribution in [1.29, 1.82) is 0 Å². The van der Waals surface area contributed by atoms with Crippen LogP contribution in [0.1, 0.15) is 18.4 Å². The van der Waals surface area contributed by atoms with E-state index in [2.05, 4.69) is 6.58 Å². The van der Waals surface area contributed by atoms with Gasteiger partial charge in [0.05, 0.1) is 0 Å². The molecule has 0 saturated heterocycles. The standard InChI is InChI=1S/C12H13ClO2/c1-9(12(14)15)4-2-5-10-6-3-7-11(13)8-10/h3,6-8H,1-2,4-5H2,(H,14,15). The van der Waals surface area contributed by atoms with Crippen LogP contribution in [0.25, 0.3) is 0 Å². The van der Waals surface area contributed by atoms with Crippen LogP contribution in [-0.2, 0) is 11.2 Å². The number of hydrogen-bond donors (Lipinski definition) is 1. The fourth-order valence-electron chi connectivity index (χ4n) is 1.31. The van der Waals surface area contributed by atoms with E-state index in [1.165, 1.54) is 0 Å². The molecule has 0 aliphatic carbocycles. The Bertz CT molecular complexity index is 372. The predicted octanol–water partition coefficient (Wildman–Crippen LogP) is 3.30. The summed E-state index contributed by atoms with van der Waals surface area (Å²) in [6, 6.07) is 7.59. The van der Waals surface area contributed by atoms with Crippen LogP contribution in [-0.4, -0.2) is 11.1 Å². The fraction of sp³-hybridized carbons (Fsp3) is 0.250. The highest BCUT2D eigenvalue weighted by atomic mass is 35.5. The molecule has 0 bridgehead atoms. The van der Waals surface area contributed by atoms with Gasteiger partial charge in [-0.15, -0.1) is 0 Å². The number of rotatable bonds is 5. The van der Waals surface area contributed by atoms with E-state index in [-0.39, 0.29) is 5.57 Å². The molecule has 1 N–H and O–H groups in total. The van der Waals surface area contributed by atoms with Crippen molar-refractivity contribution < 1.29 is 9.90 Å². The average molecular weight is 225 g/mol. The maximum Gasteiger partial charge on any atom is 0.330 e. The minimum Gasteiger partial charge on any atom is -0.478 e. The minimum atomic E-state index is -0.916. The van der Waals surface area contributed by atoms with Crippen LogP contribution < -0.4 is 0 Å². The zero-order chi connectivity index (χ0) is 11.3. The summed E-state index contributed by atoms with van der Waals surface area (Å²) < 4.78 is 0. The van der Waals surface area contributed by atoms with Gasteiger partial charge in [-0.3, -0.25) is 0 Å². The van der Waals surface area contributed by atoms with Crippen molar-refractivity contribution in [3.8, 4) is 0 Å². The number of carboxylic acids is 1. The molecule has 0 atom stereocenters. The van der Waals surface area contributed by atoms with E-state index in [0.29, 0.717) is 11.4 Å². The van der Waals surface area contributed by atoms with Crippen molar-refractivity contribution in [1.82, 2.24) is 0 Å². The molecular weight excluding hydrogens is 212 g/mol. The molecule has 0 aliphatic rings. The minimum absolute atomic E-state index is 0.261. The number of hydrogen-bond acceptors (Lipinski definition) is 1. The highest BCUT2D eigenvalue weighted by Crippen LogP contribution is 2.14. The first-order valence-electron chi connectivity index (χ1n) is 4.75. The molecular formula is C12H13ClO2. The predicted molar refractivity (Wildman–Crippen MR) is 61.2 cm³/mol. The van der Waals surface area contributed by atoms with Gasteiger partial charge >= 0.3 is 5.97 Å². The average Bonchev–Trinajstić information content (AvgIpc) is 2.17. The molecule has 0 heterocycles. The fourth-order valence-corrected chi connectivity index (χ4v) is 1.52. The molecule has 1 aromatic rings. The molecule has 15 heavy (non-hydrogen) atoms. The lowest BCUT2D eigenvalue weighted by atomic mass is 10.1. The summed E-state index contributed by atoms with van der Waals surface area (Å²) >= 11 is 5.83. The van der Waals surface area contributed by atoms with Gasteiger partial charge in [-0.25, -0.2) is 4.79 Å². The summed E-state index contributed by atoms with van der Waals surface area (Å²) in [4.78, 5) is 10.5. The molecule has 1 rings (SSSR count). The van der Waals surface area contributed by atoms with Gasteiger partial charge in [0.15, 0.2) is 0 Å². The van der Waals surface area contributed by atoms with Crippen molar-refractivity contribution in [2.45, 2.75) is 19.3 Å². The van der Waals surface area contributed by atoms with Crippen molar-refractivity contribution in [2.24, 2.45) is 0 Å². The Hall–Kier alpha value is -1.28. The van der Waals surface area contributed by atoms with Crippen molar-refractivity contribution in [2.75, 3.05) is 0 Å². The molecule has 80 valence electrons. The molecule has 0 aliphatic heterocycles. The topological polar surface area (TPSA) is 37.3 Å². The molecule has 2 nitrogen and oxygen atoms in total. The van der Waals surface area contributed by atoms with E-state index >= 15 is 0 Å². The Morgan fingerprint density at radius 1 is 1.47 bits per heavy atom. The van der Waals surface area contributed by atoms with E-state index in [1.54, 1.807) is 0 Å². The first-order valence-corrected chi connectivity index (χ1v) is 5.13. The van der Waals surface area contributed by atoms with Gasteiger partial charge in [0, 0.05) is 10.6 Å². The van der Waals surface area contributed by atoms with E-state index in [1.807, 2.05) is 24.3 Å². The Kier molecular flexibility index (Phi) is 4.37. The lowest BCUT2D eigenvalue weighted by molar-refractivity contribution is -0.132. The molecule has 0 spiro atoms. The zero-order valence-corrected chi connectivity index (χ0v) is 9.13. The third-order valence-corrected chi connectivity index (χ3v) is 2.37. The quantitative estimate of drug-likeness (QED) is 0.780. The number of aryl methyl sites for hydroxylation is 1. The number of carboxylic acid groups (broad SMARTS) is 1. The lowest BCUT2D eigenvalue weighted by Crippen LogP contribution is -1.99. The molecule has 1 aromatic carbocycles. The van der Waals surface area contributed by atoms with Gasteiger partial charge in [0.2, 0.25) is 0 Å². The second-order valence-corrected chi connectivity index (χ2v) is 3.83. The van der Waals surface area contributed by atoms with Gasteiger partial charge < -0.3 is 5.11 Å². The Morgan fingerprint density at radius 2 is 2.20 bits per heavy atom. The van der Waals surface area contributed by atoms with E-state index in [9.17, 15) is 4.79 Å². The van der Waals surface area contributed by atoms with Crippen LogP contribution in [0.15, 0.2) is 36.4 Å². The van der Waals surface area contributed by atoms with E-state index in [0.717, 1.165) is 18.4 Å². The van der Waals surface area contributed by atoms with E-state index < -0.39 is 5.97 Å². The summed E-state index contributed by atoms with van der Waals surface area (Å²) in [5.41, 5.74) is 1.39. The van der Waals surface area contributed by atoms with Crippen LogP contribution in [0.4, 0.5) is 0 Å². The van der Waals surface area contributed by atoms with Crippen molar-refractivity contribution in [3.05, 3.63) is 47.0 Å². The monoisotopic (exact) mass is 224 g/mol. The lowest BCUT2D eigenvalue weighted by Gasteiger charge is -2.02. The molecule has 0 radical (unpaired) electrons. The molecule has 0 unspecified atom stereocenters. The maximum absolute atomic E-state index is 10.5. The molecule has 0 saturated carbocycles. The number of aliphatic carboxylic acids is 1. The van der Waals surface area contributed by atoms with Gasteiger partial charge in [-0.05, 0) is 37.0 Å². The van der Waals surface area contributed by atoms with Gasteiger partial charge in [0.1, 0.15) is 0 Å². The SMILES string of the molecule is C=C(CCCc1cccc(Cl)c1)C(=O)O. The third-order valence-electron chi connectivity index (χ3n) is 2.14. The Labute approximate surface area is 94.2 Å². The van der Waals surface area contributed by atoms with Crippen LogP contribution in [0.2, 0.25) is 5.02 Å². The van der Waals surface area contributed by atoms with Crippen molar-refractivity contribution >= 4 is 17.6 Å². The second kappa shape index (κ2) is 5.56. The van der Waals surface area contributed by atoms with Gasteiger partial charge in [0.25, 0.3) is 0 Å². The summed E-state index contributed by atoms with van der Waals surface area (Å²) in [6.07, 6.45) is 2.13. The van der Waals surface area contributed by atoms with Crippen LogP contribution in [0, 0.1) is 0 Å². The Balaban J connectivity index is 2.38. The van der Waals surface area contributed by atoms with Crippen LogP contribution >= 0.6 is 11.6 Å². The summed E-state index contributed by atoms with van der Waals surface area (Å²) in [5, 5.41) is 9.32.